The molecule has 0 atom stereocenters. The molecule has 0 heterocycles. The summed E-state index contributed by atoms with van der Waals surface area (Å²) in [5.41, 5.74) is 0. The minimum atomic E-state index is 0. The molecular formula is C9H23NO. The van der Waals surface area contributed by atoms with Gasteiger partial charge in [-0.25, -0.2) is 0 Å². The van der Waals surface area contributed by atoms with Crippen LogP contribution in [0.3, 0.4) is 0 Å². The Hall–Kier alpha value is -0.0800. The fourth-order valence-electron chi connectivity index (χ4n) is 0.952. The van der Waals surface area contributed by atoms with Gasteiger partial charge in [-0.3, -0.25) is 0 Å². The van der Waals surface area contributed by atoms with Crippen LogP contribution < -0.4 is 6.15 Å². The lowest BCUT2D eigenvalue weighted by atomic mass is 10.2. The number of rotatable bonds is 7. The molecule has 0 saturated carbocycles. The van der Waals surface area contributed by atoms with Gasteiger partial charge in [0.1, 0.15) is 0 Å². The SMILES string of the molecule is CCCCCCCOCC.N. The van der Waals surface area contributed by atoms with Crippen LogP contribution in [0.15, 0.2) is 0 Å². The van der Waals surface area contributed by atoms with Crippen LogP contribution in [0.1, 0.15) is 46.0 Å². The van der Waals surface area contributed by atoms with Crippen molar-refractivity contribution in [3.63, 3.8) is 0 Å². The van der Waals surface area contributed by atoms with Crippen molar-refractivity contribution in [1.82, 2.24) is 6.15 Å². The topological polar surface area (TPSA) is 44.2 Å². The maximum absolute atomic E-state index is 5.21. The Balaban J connectivity index is 0. The van der Waals surface area contributed by atoms with Crippen molar-refractivity contribution >= 4 is 0 Å². The number of hydrogen-bond acceptors (Lipinski definition) is 2. The van der Waals surface area contributed by atoms with Gasteiger partial charge in [-0.2, -0.15) is 0 Å². The summed E-state index contributed by atoms with van der Waals surface area (Å²) >= 11 is 0. The zero-order valence-corrected chi connectivity index (χ0v) is 8.07. The maximum atomic E-state index is 5.21. The minimum Gasteiger partial charge on any atom is -0.382 e. The maximum Gasteiger partial charge on any atom is 0.0465 e. The Kier molecular flexibility index (Phi) is 15.4. The van der Waals surface area contributed by atoms with Crippen molar-refractivity contribution in [2.45, 2.75) is 46.0 Å². The Morgan fingerprint density at radius 3 is 2.09 bits per heavy atom. The molecule has 0 aliphatic carbocycles. The third kappa shape index (κ3) is 13.0. The van der Waals surface area contributed by atoms with Crippen LogP contribution in [-0.2, 0) is 4.74 Å². The molecule has 0 aliphatic heterocycles. The van der Waals surface area contributed by atoms with Crippen LogP contribution in [-0.4, -0.2) is 13.2 Å². The lowest BCUT2D eigenvalue weighted by Crippen LogP contribution is -1.92. The third-order valence-corrected chi connectivity index (χ3v) is 1.60. The molecule has 0 aromatic rings. The van der Waals surface area contributed by atoms with Crippen molar-refractivity contribution in [2.75, 3.05) is 13.2 Å². The van der Waals surface area contributed by atoms with E-state index in [1.807, 2.05) is 6.92 Å². The van der Waals surface area contributed by atoms with E-state index in [2.05, 4.69) is 6.92 Å². The molecule has 0 aliphatic rings. The van der Waals surface area contributed by atoms with Gasteiger partial charge in [0.15, 0.2) is 0 Å². The van der Waals surface area contributed by atoms with Crippen molar-refractivity contribution in [3.05, 3.63) is 0 Å². The molecule has 2 heteroatoms. The highest BCUT2D eigenvalue weighted by atomic mass is 16.5. The summed E-state index contributed by atoms with van der Waals surface area (Å²) < 4.78 is 5.21. The lowest BCUT2D eigenvalue weighted by molar-refractivity contribution is 0.143. The van der Waals surface area contributed by atoms with Crippen molar-refractivity contribution < 1.29 is 4.74 Å². The number of hydrogen-bond donors (Lipinski definition) is 1. The highest BCUT2D eigenvalue weighted by Crippen LogP contribution is 2.01. The van der Waals surface area contributed by atoms with E-state index in [1.54, 1.807) is 0 Å². The summed E-state index contributed by atoms with van der Waals surface area (Å²) in [7, 11) is 0. The van der Waals surface area contributed by atoms with E-state index >= 15 is 0 Å². The second-order valence-corrected chi connectivity index (χ2v) is 2.61. The molecule has 0 fully saturated rings. The molecule has 0 amide bonds. The van der Waals surface area contributed by atoms with E-state index in [0.717, 1.165) is 13.2 Å². The van der Waals surface area contributed by atoms with E-state index in [4.69, 9.17) is 4.74 Å². The van der Waals surface area contributed by atoms with E-state index in [9.17, 15) is 0 Å². The minimum absolute atomic E-state index is 0. The second-order valence-electron chi connectivity index (χ2n) is 2.61. The van der Waals surface area contributed by atoms with Crippen molar-refractivity contribution in [1.29, 1.82) is 0 Å². The van der Waals surface area contributed by atoms with Crippen LogP contribution in [0, 0.1) is 0 Å². The Morgan fingerprint density at radius 1 is 0.909 bits per heavy atom. The summed E-state index contributed by atoms with van der Waals surface area (Å²) in [6.07, 6.45) is 6.67. The largest absolute Gasteiger partial charge is 0.382 e. The first-order valence-electron chi connectivity index (χ1n) is 4.49. The van der Waals surface area contributed by atoms with Crippen LogP contribution in [0.4, 0.5) is 0 Å². The summed E-state index contributed by atoms with van der Waals surface area (Å²) in [5.74, 6) is 0. The molecular weight excluding hydrogens is 138 g/mol. The number of ether oxygens (including phenoxy) is 1. The van der Waals surface area contributed by atoms with E-state index in [0.29, 0.717) is 0 Å². The fourth-order valence-corrected chi connectivity index (χ4v) is 0.952. The first-order valence-corrected chi connectivity index (χ1v) is 4.49. The highest BCUT2D eigenvalue weighted by molar-refractivity contribution is 4.40. The predicted octanol–water partition coefficient (Wildman–Crippen LogP) is 3.16. The third-order valence-electron chi connectivity index (χ3n) is 1.60. The van der Waals surface area contributed by atoms with Gasteiger partial charge in [0.2, 0.25) is 0 Å². The van der Waals surface area contributed by atoms with Crippen LogP contribution in [0.25, 0.3) is 0 Å². The van der Waals surface area contributed by atoms with Gasteiger partial charge in [0.25, 0.3) is 0 Å². The zero-order valence-electron chi connectivity index (χ0n) is 8.07. The van der Waals surface area contributed by atoms with Gasteiger partial charge >= 0.3 is 0 Å². The van der Waals surface area contributed by atoms with E-state index < -0.39 is 0 Å². The standard InChI is InChI=1S/C9H20O.H3N/c1-3-5-6-7-8-9-10-4-2;/h3-9H2,1-2H3;1H3. The molecule has 0 radical (unpaired) electrons. The normalized spacial score (nSPS) is 9.27. The monoisotopic (exact) mass is 161 g/mol. The van der Waals surface area contributed by atoms with Gasteiger partial charge in [-0.15, -0.1) is 0 Å². The summed E-state index contributed by atoms with van der Waals surface area (Å²) in [6.45, 7) is 6.11. The first kappa shape index (κ1) is 13.5. The quantitative estimate of drug-likeness (QED) is 0.583. The van der Waals surface area contributed by atoms with Crippen molar-refractivity contribution in [2.24, 2.45) is 0 Å². The lowest BCUT2D eigenvalue weighted by Gasteiger charge is -1.99. The summed E-state index contributed by atoms with van der Waals surface area (Å²) in [6, 6.07) is 0. The van der Waals surface area contributed by atoms with Gasteiger partial charge in [0, 0.05) is 13.2 Å². The van der Waals surface area contributed by atoms with E-state index in [-0.39, 0.29) is 6.15 Å². The van der Waals surface area contributed by atoms with Gasteiger partial charge in [-0.1, -0.05) is 32.6 Å². The molecule has 2 nitrogen and oxygen atoms in total. The molecule has 70 valence electrons. The van der Waals surface area contributed by atoms with Crippen LogP contribution in [0.5, 0.6) is 0 Å². The Bertz CT molecular complexity index is 49.5. The predicted molar refractivity (Wildman–Crippen MR) is 50.3 cm³/mol. The number of unbranched alkanes of at least 4 members (excludes halogenated alkanes) is 4. The van der Waals surface area contributed by atoms with Crippen LogP contribution in [0.2, 0.25) is 0 Å². The van der Waals surface area contributed by atoms with Gasteiger partial charge < -0.3 is 10.9 Å². The molecule has 3 N–H and O–H groups in total. The van der Waals surface area contributed by atoms with Crippen molar-refractivity contribution in [3.8, 4) is 0 Å². The van der Waals surface area contributed by atoms with E-state index in [1.165, 1.54) is 32.1 Å². The smallest absolute Gasteiger partial charge is 0.0465 e. The molecule has 0 aromatic heterocycles. The molecule has 0 unspecified atom stereocenters. The second kappa shape index (κ2) is 12.6. The molecule has 0 rings (SSSR count). The summed E-state index contributed by atoms with van der Waals surface area (Å²) in [4.78, 5) is 0. The van der Waals surface area contributed by atoms with Gasteiger partial charge in [-0.05, 0) is 13.3 Å². The molecule has 0 spiro atoms. The Morgan fingerprint density at radius 2 is 1.55 bits per heavy atom. The molecule has 0 saturated heterocycles. The average Bonchev–Trinajstić information content (AvgIpc) is 1.97. The molecule has 11 heavy (non-hydrogen) atoms. The average molecular weight is 161 g/mol. The molecule has 0 aromatic carbocycles. The Labute approximate surface area is 70.9 Å². The highest BCUT2D eigenvalue weighted by Gasteiger charge is 1.87. The van der Waals surface area contributed by atoms with Gasteiger partial charge in [0.05, 0.1) is 0 Å². The zero-order chi connectivity index (χ0) is 7.66. The molecule has 0 bridgehead atoms. The van der Waals surface area contributed by atoms with Crippen LogP contribution >= 0.6 is 0 Å². The summed E-state index contributed by atoms with van der Waals surface area (Å²) in [5, 5.41) is 0. The fraction of sp³-hybridized carbons (Fsp3) is 1.00. The first-order chi connectivity index (χ1) is 4.91.